The third kappa shape index (κ3) is 6.53. The Kier molecular flexibility index (Phi) is 9.65. The lowest BCUT2D eigenvalue weighted by atomic mass is 9.84. The van der Waals surface area contributed by atoms with E-state index < -0.39 is 0 Å². The maximum atomic E-state index is 13.9. The van der Waals surface area contributed by atoms with Crippen molar-refractivity contribution in [2.45, 2.75) is 52.1 Å². The molecule has 6 aromatic rings. The minimum absolute atomic E-state index is 0.0197. The van der Waals surface area contributed by atoms with Crippen molar-refractivity contribution in [1.29, 1.82) is 0 Å². The van der Waals surface area contributed by atoms with Crippen LogP contribution in [0.25, 0.3) is 20.9 Å². The predicted molar refractivity (Wildman–Crippen MR) is 216 cm³/mol. The van der Waals surface area contributed by atoms with Crippen molar-refractivity contribution in [3.8, 4) is 20.9 Å². The van der Waals surface area contributed by atoms with Crippen LogP contribution in [0.2, 0.25) is 0 Å². The van der Waals surface area contributed by atoms with Gasteiger partial charge in [0.05, 0.1) is 45.3 Å². The summed E-state index contributed by atoms with van der Waals surface area (Å²) in [5.74, 6) is 0.0779. The lowest BCUT2D eigenvalue weighted by molar-refractivity contribution is -0.127. The highest BCUT2D eigenvalue weighted by molar-refractivity contribution is 7.14. The normalized spacial score (nSPS) is 17.0. The summed E-state index contributed by atoms with van der Waals surface area (Å²) >= 11 is 6.85. The molecular formula is C42H38N4O2S4. The molecule has 262 valence electrons. The fourth-order valence-electron chi connectivity index (χ4n) is 7.65. The lowest BCUT2D eigenvalue weighted by Gasteiger charge is -2.33. The highest BCUT2D eigenvalue weighted by atomic mass is 32.1. The molecule has 6 heterocycles. The summed E-state index contributed by atoms with van der Waals surface area (Å²) in [6, 6.07) is 21.7. The molecule has 0 saturated heterocycles. The van der Waals surface area contributed by atoms with Gasteiger partial charge in [0.15, 0.2) is 0 Å². The van der Waals surface area contributed by atoms with Gasteiger partial charge in [0, 0.05) is 50.9 Å². The number of carbonyl (C=O) groups is 2. The molecule has 10 heteroatoms. The molecule has 0 saturated carbocycles. The van der Waals surface area contributed by atoms with Gasteiger partial charge in [0.25, 0.3) is 0 Å². The predicted octanol–water partition coefficient (Wildman–Crippen LogP) is 9.91. The Labute approximate surface area is 320 Å². The quantitative estimate of drug-likeness (QED) is 0.145. The van der Waals surface area contributed by atoms with E-state index in [1.165, 1.54) is 63.8 Å². The van der Waals surface area contributed by atoms with Crippen molar-refractivity contribution >= 4 is 57.2 Å². The molecule has 0 spiro atoms. The van der Waals surface area contributed by atoms with Crippen LogP contribution in [-0.4, -0.2) is 44.7 Å². The highest BCUT2D eigenvalue weighted by Gasteiger charge is 2.34. The average molecular weight is 759 g/mol. The molecule has 52 heavy (non-hydrogen) atoms. The molecule has 0 radical (unpaired) electrons. The van der Waals surface area contributed by atoms with E-state index in [1.807, 2.05) is 33.8 Å². The number of rotatable bonds is 8. The second kappa shape index (κ2) is 14.5. The summed E-state index contributed by atoms with van der Waals surface area (Å²) in [4.78, 5) is 47.0. The largest absolute Gasteiger partial charge is 0.333 e. The van der Waals surface area contributed by atoms with Crippen LogP contribution in [0.3, 0.4) is 0 Å². The standard InChI is InChI=1S/C42H38N4O2S4/c1-5-39(47)45-19-36(30-13-7-9-15-32(30)42-27(4)44-24-50-42)34-18-28(52-38(34)22-45)11-10-16-40(48)46-20-35(33-17-25(2)51-37(33)21-46)29-12-6-8-14-31(29)41-26(3)43-23-49-41/h5-10,12-18,23-24,35-36H,1,11,19-22H2,2-4H3/b16-10+/t35-,36+/m1/s1. The van der Waals surface area contributed by atoms with Gasteiger partial charge in [-0.05, 0) is 78.4 Å². The minimum atomic E-state index is -0.0590. The van der Waals surface area contributed by atoms with Crippen molar-refractivity contribution < 1.29 is 9.59 Å². The van der Waals surface area contributed by atoms with Gasteiger partial charge < -0.3 is 9.80 Å². The van der Waals surface area contributed by atoms with Gasteiger partial charge in [0.2, 0.25) is 11.8 Å². The Morgan fingerprint density at radius 1 is 0.750 bits per heavy atom. The van der Waals surface area contributed by atoms with E-state index in [0.717, 1.165) is 16.3 Å². The highest BCUT2D eigenvalue weighted by Crippen LogP contribution is 2.45. The lowest BCUT2D eigenvalue weighted by Crippen LogP contribution is -2.37. The van der Waals surface area contributed by atoms with Crippen molar-refractivity contribution in [3.63, 3.8) is 0 Å². The van der Waals surface area contributed by atoms with Gasteiger partial charge in [-0.25, -0.2) is 9.97 Å². The van der Waals surface area contributed by atoms with Crippen LogP contribution < -0.4 is 0 Å². The first kappa shape index (κ1) is 34.6. The summed E-state index contributed by atoms with van der Waals surface area (Å²) in [7, 11) is 0. The van der Waals surface area contributed by atoms with Crippen LogP contribution >= 0.6 is 45.3 Å². The van der Waals surface area contributed by atoms with Crippen molar-refractivity contribution in [3.05, 3.63) is 150 Å². The third-order valence-electron chi connectivity index (χ3n) is 10.1. The number of aromatic nitrogens is 2. The van der Waals surface area contributed by atoms with Crippen LogP contribution in [0.1, 0.15) is 65.0 Å². The SMILES string of the molecule is C=CC(=O)N1Cc2sc(C/C=C/C(=O)N3Cc4sc(C)cc4[C@@H](c4ccccc4-c4scnc4C)C3)cc2[C@H](c2ccccc2-c2scnc2C)C1. The van der Waals surface area contributed by atoms with Gasteiger partial charge in [-0.2, -0.15) is 0 Å². The summed E-state index contributed by atoms with van der Waals surface area (Å²) in [5.41, 5.74) is 13.2. The summed E-state index contributed by atoms with van der Waals surface area (Å²) in [5, 5.41) is 0. The van der Waals surface area contributed by atoms with E-state index in [4.69, 9.17) is 0 Å². The zero-order valence-corrected chi connectivity index (χ0v) is 32.6. The van der Waals surface area contributed by atoms with Crippen molar-refractivity contribution in [2.24, 2.45) is 0 Å². The molecule has 0 unspecified atom stereocenters. The van der Waals surface area contributed by atoms with Gasteiger partial charge in [-0.15, -0.1) is 45.3 Å². The number of benzene rings is 2. The van der Waals surface area contributed by atoms with E-state index in [1.54, 1.807) is 51.4 Å². The van der Waals surface area contributed by atoms with Crippen molar-refractivity contribution in [1.82, 2.24) is 19.8 Å². The number of nitrogens with zero attached hydrogens (tertiary/aromatic N) is 4. The number of carbonyl (C=O) groups excluding carboxylic acids is 2. The average Bonchev–Trinajstić information content (AvgIpc) is 3.96. The number of fused-ring (bicyclic) bond motifs is 2. The summed E-state index contributed by atoms with van der Waals surface area (Å²) in [6.45, 7) is 12.4. The Hall–Kier alpha value is -4.48. The molecule has 8 rings (SSSR count). The van der Waals surface area contributed by atoms with Crippen LogP contribution in [-0.2, 0) is 29.1 Å². The second-order valence-corrected chi connectivity index (χ2v) is 17.7. The van der Waals surface area contributed by atoms with Gasteiger partial charge in [0.1, 0.15) is 0 Å². The smallest absolute Gasteiger partial charge is 0.246 e. The zero-order chi connectivity index (χ0) is 35.9. The number of hydrogen-bond acceptors (Lipinski definition) is 8. The Bertz CT molecular complexity index is 2340. The van der Waals surface area contributed by atoms with Crippen LogP contribution in [0.15, 0.2) is 96.5 Å². The minimum Gasteiger partial charge on any atom is -0.333 e. The molecule has 2 aromatic carbocycles. The maximum Gasteiger partial charge on any atom is 0.246 e. The molecule has 2 amide bonds. The second-order valence-electron chi connectivity index (χ2n) is 13.4. The molecule has 2 aliphatic heterocycles. The summed E-state index contributed by atoms with van der Waals surface area (Å²) in [6.07, 6.45) is 5.83. The first-order chi connectivity index (χ1) is 25.3. The number of amides is 2. The van der Waals surface area contributed by atoms with E-state index in [9.17, 15) is 9.59 Å². The summed E-state index contributed by atoms with van der Waals surface area (Å²) < 4.78 is 0. The number of thiazole rings is 2. The van der Waals surface area contributed by atoms with Gasteiger partial charge >= 0.3 is 0 Å². The van der Waals surface area contributed by atoms with E-state index in [0.29, 0.717) is 32.6 Å². The number of thiophene rings is 2. The van der Waals surface area contributed by atoms with E-state index >= 15 is 0 Å². The molecule has 4 aromatic heterocycles. The first-order valence-corrected chi connectivity index (χ1v) is 20.7. The molecule has 2 aliphatic rings. The van der Waals surface area contributed by atoms with E-state index in [2.05, 4.69) is 91.1 Å². The van der Waals surface area contributed by atoms with Gasteiger partial charge in [-0.1, -0.05) is 61.2 Å². The van der Waals surface area contributed by atoms with Crippen LogP contribution in [0.4, 0.5) is 0 Å². The van der Waals surface area contributed by atoms with Crippen LogP contribution in [0, 0.1) is 20.8 Å². The first-order valence-electron chi connectivity index (χ1n) is 17.3. The van der Waals surface area contributed by atoms with Crippen molar-refractivity contribution in [2.75, 3.05) is 13.1 Å². The fourth-order valence-corrected chi connectivity index (χ4v) is 11.7. The topological polar surface area (TPSA) is 66.4 Å². The maximum absolute atomic E-state index is 13.9. The Morgan fingerprint density at radius 2 is 1.29 bits per heavy atom. The molecule has 0 aliphatic carbocycles. The number of allylic oxidation sites excluding steroid dienone is 1. The number of hydrogen-bond donors (Lipinski definition) is 0. The third-order valence-corrected chi connectivity index (χ3v) is 14.2. The fraction of sp³-hybridized carbons (Fsp3) is 0.238. The Balaban J connectivity index is 1.05. The number of aryl methyl sites for hydroxylation is 3. The molecule has 0 N–H and O–H groups in total. The van der Waals surface area contributed by atoms with Crippen LogP contribution in [0.5, 0.6) is 0 Å². The van der Waals surface area contributed by atoms with E-state index in [-0.39, 0.29) is 23.7 Å². The van der Waals surface area contributed by atoms with Gasteiger partial charge in [-0.3, -0.25) is 9.59 Å². The molecule has 0 fully saturated rings. The molecule has 0 bridgehead atoms. The Morgan fingerprint density at radius 3 is 1.85 bits per heavy atom. The zero-order valence-electron chi connectivity index (χ0n) is 29.3. The molecular weight excluding hydrogens is 721 g/mol. The monoisotopic (exact) mass is 758 g/mol. The molecule has 6 nitrogen and oxygen atoms in total. The molecule has 2 atom stereocenters.